The van der Waals surface area contributed by atoms with Gasteiger partial charge >= 0.3 is 6.03 Å². The van der Waals surface area contributed by atoms with E-state index in [1.807, 2.05) is 13.0 Å². The maximum atomic E-state index is 13.0. The van der Waals surface area contributed by atoms with Gasteiger partial charge in [0.2, 0.25) is 0 Å². The van der Waals surface area contributed by atoms with E-state index in [2.05, 4.69) is 34.5 Å². The van der Waals surface area contributed by atoms with Crippen LogP contribution in [-0.4, -0.2) is 31.6 Å². The predicted octanol–water partition coefficient (Wildman–Crippen LogP) is 3.84. The van der Waals surface area contributed by atoms with E-state index in [0.717, 1.165) is 14.0 Å². The van der Waals surface area contributed by atoms with Crippen LogP contribution < -0.4 is 19.7 Å². The van der Waals surface area contributed by atoms with Gasteiger partial charge < -0.3 is 9.47 Å². The highest BCUT2D eigenvalue weighted by Crippen LogP contribution is 2.35. The van der Waals surface area contributed by atoms with Gasteiger partial charge in [0, 0.05) is 0 Å². The van der Waals surface area contributed by atoms with E-state index >= 15 is 0 Å². The molecule has 0 aliphatic carbocycles. The summed E-state index contributed by atoms with van der Waals surface area (Å²) in [6.07, 6.45) is 3.04. The van der Waals surface area contributed by atoms with Crippen molar-refractivity contribution in [2.75, 3.05) is 18.6 Å². The summed E-state index contributed by atoms with van der Waals surface area (Å²) in [6, 6.07) is 9.54. The molecule has 8 heteroatoms. The average molecular weight is 518 g/mol. The highest BCUT2D eigenvalue weighted by atomic mass is 127. The van der Waals surface area contributed by atoms with Gasteiger partial charge in [-0.05, 0) is 71.0 Å². The number of rotatable bonds is 6. The number of amides is 4. The van der Waals surface area contributed by atoms with E-state index < -0.39 is 17.8 Å². The molecule has 1 heterocycles. The lowest BCUT2D eigenvalue weighted by atomic mass is 10.1. The Morgan fingerprint density at radius 1 is 1.20 bits per heavy atom. The first-order chi connectivity index (χ1) is 14.3. The van der Waals surface area contributed by atoms with Crippen LogP contribution in [0.5, 0.6) is 11.5 Å². The standard InChI is InChI=1S/C22H19IN2O5/c1-4-8-30-19-17(23)11-14(12-18(19)29-3)10-16-20(26)24-22(28)25(21(16)27)15-7-5-6-13(2)9-15/h4-7,9-12H,1,8H2,2-3H3,(H,24,26,28). The minimum absolute atomic E-state index is 0.159. The van der Waals surface area contributed by atoms with Crippen molar-refractivity contribution >= 4 is 52.2 Å². The zero-order chi connectivity index (χ0) is 21.8. The number of anilines is 1. The molecular weight excluding hydrogens is 499 g/mol. The molecule has 2 aromatic carbocycles. The van der Waals surface area contributed by atoms with Gasteiger partial charge in [-0.2, -0.15) is 0 Å². The van der Waals surface area contributed by atoms with Gasteiger partial charge in [-0.15, -0.1) is 0 Å². The lowest BCUT2D eigenvalue weighted by Gasteiger charge is -2.26. The largest absolute Gasteiger partial charge is 0.493 e. The Balaban J connectivity index is 2.02. The Kier molecular flexibility index (Phi) is 6.56. The van der Waals surface area contributed by atoms with E-state index in [-0.39, 0.29) is 5.57 Å². The second-order valence-corrected chi connectivity index (χ2v) is 7.59. The van der Waals surface area contributed by atoms with Crippen LogP contribution in [0.3, 0.4) is 0 Å². The minimum atomic E-state index is -0.784. The van der Waals surface area contributed by atoms with Crippen LogP contribution in [-0.2, 0) is 9.59 Å². The fourth-order valence-electron chi connectivity index (χ4n) is 2.93. The molecule has 1 aliphatic rings. The van der Waals surface area contributed by atoms with Crippen LogP contribution in [0.25, 0.3) is 6.08 Å². The van der Waals surface area contributed by atoms with Gasteiger partial charge in [-0.25, -0.2) is 9.69 Å². The molecule has 1 saturated heterocycles. The van der Waals surface area contributed by atoms with Gasteiger partial charge in [0.05, 0.1) is 16.4 Å². The molecule has 0 unspecified atom stereocenters. The fourth-order valence-corrected chi connectivity index (χ4v) is 3.71. The third-order valence-corrected chi connectivity index (χ3v) is 5.07. The summed E-state index contributed by atoms with van der Waals surface area (Å²) >= 11 is 2.08. The number of carbonyl (C=O) groups excluding carboxylic acids is 3. The van der Waals surface area contributed by atoms with Crippen molar-refractivity contribution in [2.45, 2.75) is 6.92 Å². The molecule has 1 aliphatic heterocycles. The molecule has 7 nitrogen and oxygen atoms in total. The third-order valence-electron chi connectivity index (χ3n) is 4.27. The van der Waals surface area contributed by atoms with Crippen molar-refractivity contribution in [1.29, 1.82) is 0 Å². The van der Waals surface area contributed by atoms with Crippen molar-refractivity contribution in [3.8, 4) is 11.5 Å². The van der Waals surface area contributed by atoms with Gasteiger partial charge in [0.25, 0.3) is 11.8 Å². The fraction of sp³-hybridized carbons (Fsp3) is 0.136. The SMILES string of the molecule is C=CCOc1c(I)cc(C=C2C(=O)NC(=O)N(c3cccc(C)c3)C2=O)cc1OC. The number of nitrogens with one attached hydrogen (secondary N) is 1. The molecule has 0 aromatic heterocycles. The zero-order valence-corrected chi connectivity index (χ0v) is 18.6. The highest BCUT2D eigenvalue weighted by molar-refractivity contribution is 14.1. The Morgan fingerprint density at radius 3 is 2.63 bits per heavy atom. The number of nitrogens with zero attached hydrogens (tertiary/aromatic N) is 1. The van der Waals surface area contributed by atoms with E-state index in [9.17, 15) is 14.4 Å². The first-order valence-electron chi connectivity index (χ1n) is 8.95. The molecule has 0 radical (unpaired) electrons. The van der Waals surface area contributed by atoms with Crippen molar-refractivity contribution in [3.05, 3.63) is 69.3 Å². The summed E-state index contributed by atoms with van der Waals surface area (Å²) in [5.74, 6) is -0.466. The summed E-state index contributed by atoms with van der Waals surface area (Å²) in [6.45, 7) is 5.78. The maximum Gasteiger partial charge on any atom is 0.335 e. The quantitative estimate of drug-likeness (QED) is 0.272. The van der Waals surface area contributed by atoms with E-state index in [0.29, 0.717) is 29.4 Å². The molecule has 4 amide bonds. The molecule has 0 spiro atoms. The number of carbonyl (C=O) groups is 3. The lowest BCUT2D eigenvalue weighted by Crippen LogP contribution is -2.54. The molecule has 0 atom stereocenters. The second kappa shape index (κ2) is 9.12. The van der Waals surface area contributed by atoms with Crippen LogP contribution in [0.4, 0.5) is 10.5 Å². The van der Waals surface area contributed by atoms with E-state index in [1.54, 1.807) is 36.4 Å². The zero-order valence-electron chi connectivity index (χ0n) is 16.4. The molecule has 1 N–H and O–H groups in total. The number of hydrogen-bond acceptors (Lipinski definition) is 5. The topological polar surface area (TPSA) is 84.9 Å². The summed E-state index contributed by atoms with van der Waals surface area (Å²) in [4.78, 5) is 38.7. The summed E-state index contributed by atoms with van der Waals surface area (Å²) < 4.78 is 11.7. The monoisotopic (exact) mass is 518 g/mol. The van der Waals surface area contributed by atoms with Crippen molar-refractivity contribution in [3.63, 3.8) is 0 Å². The van der Waals surface area contributed by atoms with Crippen LogP contribution in [0.2, 0.25) is 0 Å². The number of aryl methyl sites for hydroxylation is 1. The lowest BCUT2D eigenvalue weighted by molar-refractivity contribution is -0.122. The number of hydrogen-bond donors (Lipinski definition) is 1. The third kappa shape index (κ3) is 4.38. The normalized spacial score (nSPS) is 15.2. The van der Waals surface area contributed by atoms with Crippen LogP contribution in [0.1, 0.15) is 11.1 Å². The van der Waals surface area contributed by atoms with Gasteiger partial charge in [-0.1, -0.05) is 24.8 Å². The van der Waals surface area contributed by atoms with Crippen LogP contribution >= 0.6 is 22.6 Å². The van der Waals surface area contributed by atoms with Crippen LogP contribution in [0.15, 0.2) is 54.6 Å². The van der Waals surface area contributed by atoms with Gasteiger partial charge in [-0.3, -0.25) is 14.9 Å². The smallest absolute Gasteiger partial charge is 0.335 e. The average Bonchev–Trinajstić information content (AvgIpc) is 2.70. The molecule has 0 bridgehead atoms. The number of imide groups is 2. The molecule has 2 aromatic rings. The highest BCUT2D eigenvalue weighted by Gasteiger charge is 2.36. The Labute approximate surface area is 187 Å². The number of barbiturate groups is 1. The molecule has 30 heavy (non-hydrogen) atoms. The summed E-state index contributed by atoms with van der Waals surface area (Å²) in [7, 11) is 1.50. The van der Waals surface area contributed by atoms with Crippen molar-refractivity contribution in [1.82, 2.24) is 5.32 Å². The minimum Gasteiger partial charge on any atom is -0.493 e. The summed E-state index contributed by atoms with van der Waals surface area (Å²) in [5, 5.41) is 2.22. The molecule has 1 fully saturated rings. The molecular formula is C22H19IN2O5. The molecule has 154 valence electrons. The van der Waals surface area contributed by atoms with Crippen molar-refractivity contribution < 1.29 is 23.9 Å². The number of benzene rings is 2. The number of urea groups is 1. The Hall–Kier alpha value is -3.14. The second-order valence-electron chi connectivity index (χ2n) is 6.43. The van der Waals surface area contributed by atoms with Crippen molar-refractivity contribution in [2.24, 2.45) is 0 Å². The maximum absolute atomic E-state index is 13.0. The molecule has 0 saturated carbocycles. The Bertz CT molecular complexity index is 1080. The van der Waals surface area contributed by atoms with Gasteiger partial charge in [0.15, 0.2) is 11.5 Å². The Morgan fingerprint density at radius 2 is 1.97 bits per heavy atom. The van der Waals surface area contributed by atoms with E-state index in [1.165, 1.54) is 13.2 Å². The van der Waals surface area contributed by atoms with Gasteiger partial charge in [0.1, 0.15) is 12.2 Å². The van der Waals surface area contributed by atoms with Crippen LogP contribution in [0, 0.1) is 10.5 Å². The first kappa shape index (κ1) is 21.6. The number of ether oxygens (including phenoxy) is 2. The first-order valence-corrected chi connectivity index (χ1v) is 10.0. The predicted molar refractivity (Wildman–Crippen MR) is 122 cm³/mol. The number of halogens is 1. The molecule has 3 rings (SSSR count). The van der Waals surface area contributed by atoms with E-state index in [4.69, 9.17) is 9.47 Å². The number of methoxy groups -OCH3 is 1. The summed E-state index contributed by atoms with van der Waals surface area (Å²) in [5.41, 5.74) is 1.66.